The van der Waals surface area contributed by atoms with Gasteiger partial charge in [0.05, 0.1) is 6.54 Å². The van der Waals surface area contributed by atoms with E-state index in [-0.39, 0.29) is 17.0 Å². The lowest BCUT2D eigenvalue weighted by Crippen LogP contribution is -2.33. The molecule has 0 aliphatic rings. The number of aromatic nitrogens is 1. The van der Waals surface area contributed by atoms with Crippen LogP contribution in [-0.4, -0.2) is 17.5 Å². The van der Waals surface area contributed by atoms with Gasteiger partial charge >= 0.3 is 0 Å². The molecule has 0 saturated carbocycles. The fraction of sp³-hybridized carbons (Fsp3) is 0.368. The first-order chi connectivity index (χ1) is 11.1. The Labute approximate surface area is 138 Å². The van der Waals surface area contributed by atoms with Gasteiger partial charge in [-0.15, -0.1) is 0 Å². The van der Waals surface area contributed by atoms with Crippen molar-refractivity contribution in [1.82, 2.24) is 9.88 Å². The van der Waals surface area contributed by atoms with Crippen LogP contribution in [0, 0.1) is 6.92 Å². The van der Waals surface area contributed by atoms with E-state index in [1.807, 2.05) is 58.0 Å². The fourth-order valence-corrected chi connectivity index (χ4v) is 2.54. The summed E-state index contributed by atoms with van der Waals surface area (Å²) in [6.07, 6.45) is 0.752. The van der Waals surface area contributed by atoms with E-state index in [1.165, 1.54) is 7.05 Å². The summed E-state index contributed by atoms with van der Waals surface area (Å²) < 4.78 is 1.70. The fourth-order valence-electron chi connectivity index (χ4n) is 2.54. The number of nitrogens with one attached hydrogen (secondary N) is 1. The Morgan fingerprint density at radius 1 is 1.17 bits per heavy atom. The third-order valence-corrected chi connectivity index (χ3v) is 3.61. The molecule has 1 amide bonds. The van der Waals surface area contributed by atoms with Crippen LogP contribution in [0.2, 0.25) is 0 Å². The Morgan fingerprint density at radius 2 is 1.78 bits per heavy atom. The summed E-state index contributed by atoms with van der Waals surface area (Å²) in [6, 6.07) is 11.5. The van der Waals surface area contributed by atoms with E-state index < -0.39 is 0 Å². The standard InChI is InChI=1S/C17H20N2O2.C2H6/c1-4-15-12(2)10-14(16(20)18-3)17(21)19(15)11-13-8-6-5-7-9-13;1-2/h5-10H,4,11H2,1-3H3,(H,18,20);1-2H3. The normalized spacial score (nSPS) is 9.78. The van der Waals surface area contributed by atoms with E-state index in [9.17, 15) is 9.59 Å². The van der Waals surface area contributed by atoms with Crippen LogP contribution >= 0.6 is 0 Å². The molecule has 0 aliphatic heterocycles. The number of carbonyl (C=O) groups excluding carboxylic acids is 1. The first kappa shape index (κ1) is 18.7. The van der Waals surface area contributed by atoms with Gasteiger partial charge in [0.15, 0.2) is 0 Å². The van der Waals surface area contributed by atoms with Crippen molar-refractivity contribution in [2.45, 2.75) is 40.7 Å². The van der Waals surface area contributed by atoms with Crippen LogP contribution in [0.3, 0.4) is 0 Å². The third-order valence-electron chi connectivity index (χ3n) is 3.61. The average Bonchev–Trinajstić information content (AvgIpc) is 2.60. The molecule has 0 radical (unpaired) electrons. The van der Waals surface area contributed by atoms with Gasteiger partial charge in [0, 0.05) is 12.7 Å². The maximum absolute atomic E-state index is 12.6. The van der Waals surface area contributed by atoms with E-state index in [0.29, 0.717) is 6.54 Å². The van der Waals surface area contributed by atoms with Crippen LogP contribution < -0.4 is 10.9 Å². The van der Waals surface area contributed by atoms with Crippen LogP contribution in [0.25, 0.3) is 0 Å². The van der Waals surface area contributed by atoms with Crippen molar-refractivity contribution < 1.29 is 4.79 Å². The van der Waals surface area contributed by atoms with Gasteiger partial charge in [0.25, 0.3) is 11.5 Å². The summed E-state index contributed by atoms with van der Waals surface area (Å²) in [6.45, 7) is 8.43. The van der Waals surface area contributed by atoms with Gasteiger partial charge in [-0.3, -0.25) is 9.59 Å². The topological polar surface area (TPSA) is 51.1 Å². The first-order valence-corrected chi connectivity index (χ1v) is 8.07. The monoisotopic (exact) mass is 314 g/mol. The minimum Gasteiger partial charge on any atom is -0.355 e. The molecule has 124 valence electrons. The van der Waals surface area contributed by atoms with Gasteiger partial charge in [-0.2, -0.15) is 0 Å². The quantitative estimate of drug-likeness (QED) is 0.942. The zero-order chi connectivity index (χ0) is 17.4. The van der Waals surface area contributed by atoms with E-state index in [1.54, 1.807) is 10.6 Å². The predicted molar refractivity (Wildman–Crippen MR) is 95.1 cm³/mol. The number of aryl methyl sites for hydroxylation is 1. The lowest BCUT2D eigenvalue weighted by Gasteiger charge is -2.16. The number of hydrogen-bond donors (Lipinski definition) is 1. The highest BCUT2D eigenvalue weighted by atomic mass is 16.2. The molecule has 4 nitrogen and oxygen atoms in total. The molecule has 23 heavy (non-hydrogen) atoms. The molecule has 2 rings (SSSR count). The van der Waals surface area contributed by atoms with Crippen LogP contribution in [-0.2, 0) is 13.0 Å². The van der Waals surface area contributed by atoms with E-state index in [0.717, 1.165) is 23.2 Å². The molecule has 1 heterocycles. The van der Waals surface area contributed by atoms with Gasteiger partial charge in [0.1, 0.15) is 5.56 Å². The van der Waals surface area contributed by atoms with Crippen LogP contribution in [0.1, 0.15) is 48.0 Å². The molecule has 0 spiro atoms. The molecule has 4 heteroatoms. The van der Waals surface area contributed by atoms with Crippen molar-refractivity contribution >= 4 is 5.91 Å². The van der Waals surface area contributed by atoms with Crippen molar-refractivity contribution in [3.8, 4) is 0 Å². The number of nitrogens with zero attached hydrogens (tertiary/aromatic N) is 1. The minimum absolute atomic E-state index is 0.197. The van der Waals surface area contributed by atoms with Crippen LogP contribution in [0.15, 0.2) is 41.2 Å². The lowest BCUT2D eigenvalue weighted by atomic mass is 10.1. The number of pyridine rings is 1. The summed E-state index contributed by atoms with van der Waals surface area (Å²) in [5.41, 5.74) is 2.94. The van der Waals surface area contributed by atoms with Crippen LogP contribution in [0.4, 0.5) is 0 Å². The molecule has 1 N–H and O–H groups in total. The average molecular weight is 314 g/mol. The summed E-state index contributed by atoms with van der Waals surface area (Å²) in [4.78, 5) is 24.5. The maximum atomic E-state index is 12.6. The number of rotatable bonds is 4. The van der Waals surface area contributed by atoms with Crippen molar-refractivity contribution in [2.75, 3.05) is 7.05 Å². The van der Waals surface area contributed by atoms with Gasteiger partial charge < -0.3 is 9.88 Å². The molecule has 1 aromatic heterocycles. The number of benzene rings is 1. The molecule has 0 fully saturated rings. The number of carbonyl (C=O) groups is 1. The molecular formula is C19H26N2O2. The second-order valence-electron chi connectivity index (χ2n) is 5.00. The van der Waals surface area contributed by atoms with Gasteiger partial charge in [-0.05, 0) is 30.5 Å². The second kappa shape index (κ2) is 8.93. The van der Waals surface area contributed by atoms with E-state index in [4.69, 9.17) is 0 Å². The second-order valence-corrected chi connectivity index (χ2v) is 5.00. The summed E-state index contributed by atoms with van der Waals surface area (Å²) >= 11 is 0. The molecule has 0 unspecified atom stereocenters. The predicted octanol–water partition coefficient (Wildman–Crippen LogP) is 3.15. The molecule has 0 atom stereocenters. The van der Waals surface area contributed by atoms with Crippen LogP contribution in [0.5, 0.6) is 0 Å². The highest BCUT2D eigenvalue weighted by molar-refractivity contribution is 5.93. The number of hydrogen-bond acceptors (Lipinski definition) is 2. The first-order valence-electron chi connectivity index (χ1n) is 8.07. The highest BCUT2D eigenvalue weighted by Crippen LogP contribution is 2.11. The summed E-state index contributed by atoms with van der Waals surface area (Å²) in [5.74, 6) is -0.340. The minimum atomic E-state index is -0.340. The molecule has 0 bridgehead atoms. The molecule has 1 aromatic carbocycles. The Hall–Kier alpha value is -2.36. The Morgan fingerprint density at radius 3 is 2.30 bits per heavy atom. The highest BCUT2D eigenvalue weighted by Gasteiger charge is 2.16. The lowest BCUT2D eigenvalue weighted by molar-refractivity contribution is 0.0961. The van der Waals surface area contributed by atoms with Gasteiger partial charge in [-0.25, -0.2) is 0 Å². The zero-order valence-electron chi connectivity index (χ0n) is 14.6. The maximum Gasteiger partial charge on any atom is 0.263 e. The van der Waals surface area contributed by atoms with Crippen molar-refractivity contribution in [2.24, 2.45) is 0 Å². The van der Waals surface area contributed by atoms with Gasteiger partial charge in [0.2, 0.25) is 0 Å². The largest absolute Gasteiger partial charge is 0.355 e. The molecule has 0 saturated heterocycles. The van der Waals surface area contributed by atoms with E-state index >= 15 is 0 Å². The number of amides is 1. The smallest absolute Gasteiger partial charge is 0.263 e. The molecular weight excluding hydrogens is 288 g/mol. The van der Waals surface area contributed by atoms with Gasteiger partial charge in [-0.1, -0.05) is 51.1 Å². The SMILES string of the molecule is CC.CCc1c(C)cc(C(=O)NC)c(=O)n1Cc1ccccc1. The van der Waals surface area contributed by atoms with Crippen molar-refractivity contribution in [3.05, 3.63) is 69.1 Å². The summed E-state index contributed by atoms with van der Waals surface area (Å²) in [7, 11) is 1.53. The van der Waals surface area contributed by atoms with E-state index in [2.05, 4.69) is 5.32 Å². The zero-order valence-corrected chi connectivity index (χ0v) is 14.6. The third kappa shape index (κ3) is 4.31. The van der Waals surface area contributed by atoms with Crippen molar-refractivity contribution in [1.29, 1.82) is 0 Å². The van der Waals surface area contributed by atoms with Crippen molar-refractivity contribution in [3.63, 3.8) is 0 Å². The Balaban J connectivity index is 0.00000127. The molecule has 0 aliphatic carbocycles. The Kier molecular flexibility index (Phi) is 7.26. The Bertz CT molecular complexity index is 703. The summed E-state index contributed by atoms with van der Waals surface area (Å²) in [5, 5.41) is 2.53. The molecule has 2 aromatic rings.